The molecule has 0 aliphatic heterocycles. The Kier molecular flexibility index (Phi) is 4.19. The molecule has 3 nitrogen and oxygen atoms in total. The van der Waals surface area contributed by atoms with Crippen LogP contribution < -0.4 is 0 Å². The number of phenols is 1. The number of methoxy groups -OCH3 is 1. The molecule has 0 unspecified atom stereocenters. The van der Waals surface area contributed by atoms with Gasteiger partial charge >= 0.3 is 5.97 Å². The molecular formula is C11H9BrO3. The van der Waals surface area contributed by atoms with Crippen LogP contribution in [-0.4, -0.2) is 18.2 Å². The number of esters is 1. The van der Waals surface area contributed by atoms with Gasteiger partial charge in [0.05, 0.1) is 12.7 Å². The molecule has 0 aromatic heterocycles. The molecule has 1 N–H and O–H groups in total. The van der Waals surface area contributed by atoms with Crippen LogP contribution in [0.5, 0.6) is 5.75 Å². The maximum atomic E-state index is 10.7. The standard InChI is InChI=1S/C11H9BrO3/c1-15-11(14)4-2-3-8-5-6-9(12)7-10(8)13/h5-7,13H,4H2,1H3. The van der Waals surface area contributed by atoms with E-state index < -0.39 is 0 Å². The lowest BCUT2D eigenvalue weighted by atomic mass is 10.2. The van der Waals surface area contributed by atoms with Crippen LogP contribution >= 0.6 is 15.9 Å². The third-order valence-electron chi connectivity index (χ3n) is 1.64. The molecule has 15 heavy (non-hydrogen) atoms. The Labute approximate surface area is 96.2 Å². The number of aromatic hydroxyl groups is 1. The number of phenolic OH excluding ortho intramolecular Hbond substituents is 1. The lowest BCUT2D eigenvalue weighted by molar-refractivity contribution is -0.139. The van der Waals surface area contributed by atoms with E-state index in [2.05, 4.69) is 32.5 Å². The second kappa shape index (κ2) is 5.42. The Morgan fingerprint density at radius 2 is 2.33 bits per heavy atom. The fraction of sp³-hybridized carbons (Fsp3) is 0.182. The maximum Gasteiger partial charge on any atom is 0.317 e. The summed E-state index contributed by atoms with van der Waals surface area (Å²) in [7, 11) is 1.31. The summed E-state index contributed by atoms with van der Waals surface area (Å²) in [6.07, 6.45) is 0.0198. The molecular weight excluding hydrogens is 260 g/mol. The molecule has 0 amide bonds. The van der Waals surface area contributed by atoms with Gasteiger partial charge in [0.1, 0.15) is 12.2 Å². The SMILES string of the molecule is COC(=O)CC#Cc1ccc(Br)cc1O. The van der Waals surface area contributed by atoms with E-state index in [0.717, 1.165) is 4.47 Å². The average molecular weight is 269 g/mol. The zero-order valence-corrected chi connectivity index (χ0v) is 9.67. The van der Waals surface area contributed by atoms with Gasteiger partial charge in [-0.1, -0.05) is 27.8 Å². The topological polar surface area (TPSA) is 46.5 Å². The Bertz CT molecular complexity index is 429. The molecule has 0 saturated carbocycles. The van der Waals surface area contributed by atoms with E-state index in [4.69, 9.17) is 0 Å². The van der Waals surface area contributed by atoms with Crippen molar-refractivity contribution in [2.45, 2.75) is 6.42 Å². The lowest BCUT2D eigenvalue weighted by Crippen LogP contribution is -1.97. The summed E-state index contributed by atoms with van der Waals surface area (Å²) in [5, 5.41) is 9.47. The molecule has 78 valence electrons. The molecule has 0 atom stereocenters. The predicted octanol–water partition coefficient (Wildman–Crippen LogP) is 2.07. The number of halogens is 1. The Morgan fingerprint density at radius 1 is 1.60 bits per heavy atom. The number of carbonyl (C=O) groups excluding carboxylic acids is 1. The van der Waals surface area contributed by atoms with Crippen LogP contribution in [0.25, 0.3) is 0 Å². The molecule has 4 heteroatoms. The van der Waals surface area contributed by atoms with Crippen molar-refractivity contribution in [3.63, 3.8) is 0 Å². The quantitative estimate of drug-likeness (QED) is 0.627. The summed E-state index contributed by atoms with van der Waals surface area (Å²) in [4.78, 5) is 10.7. The van der Waals surface area contributed by atoms with Crippen molar-refractivity contribution < 1.29 is 14.6 Å². The molecule has 0 saturated heterocycles. The summed E-state index contributed by atoms with van der Waals surface area (Å²) in [5.74, 6) is 4.99. The van der Waals surface area contributed by atoms with Crippen molar-refractivity contribution in [1.29, 1.82) is 0 Å². The molecule has 0 radical (unpaired) electrons. The van der Waals surface area contributed by atoms with Gasteiger partial charge in [0, 0.05) is 4.47 Å². The minimum absolute atomic E-state index is 0.0198. The summed E-state index contributed by atoms with van der Waals surface area (Å²) < 4.78 is 5.20. The van der Waals surface area contributed by atoms with E-state index in [1.807, 2.05) is 0 Å². The molecule has 1 aromatic rings. The van der Waals surface area contributed by atoms with Gasteiger partial charge in [0.2, 0.25) is 0 Å². The molecule has 1 rings (SSSR count). The highest BCUT2D eigenvalue weighted by molar-refractivity contribution is 9.10. The Hall–Kier alpha value is -1.47. The minimum atomic E-state index is -0.390. The van der Waals surface area contributed by atoms with Gasteiger partial charge in [-0.3, -0.25) is 4.79 Å². The van der Waals surface area contributed by atoms with E-state index >= 15 is 0 Å². The number of hydrogen-bond acceptors (Lipinski definition) is 3. The van der Waals surface area contributed by atoms with E-state index in [-0.39, 0.29) is 18.1 Å². The highest BCUT2D eigenvalue weighted by atomic mass is 79.9. The molecule has 0 fully saturated rings. The van der Waals surface area contributed by atoms with Crippen LogP contribution in [0.15, 0.2) is 22.7 Å². The van der Waals surface area contributed by atoms with Gasteiger partial charge in [0.25, 0.3) is 0 Å². The van der Waals surface area contributed by atoms with Crippen molar-refractivity contribution in [2.75, 3.05) is 7.11 Å². The molecule has 1 aromatic carbocycles. The average Bonchev–Trinajstić information content (AvgIpc) is 2.21. The van der Waals surface area contributed by atoms with Gasteiger partial charge in [-0.05, 0) is 18.2 Å². The van der Waals surface area contributed by atoms with Crippen LogP contribution in [0.2, 0.25) is 0 Å². The lowest BCUT2D eigenvalue weighted by Gasteiger charge is -1.96. The van der Waals surface area contributed by atoms with E-state index in [0.29, 0.717) is 5.56 Å². The summed E-state index contributed by atoms with van der Waals surface area (Å²) in [5.41, 5.74) is 0.488. The maximum absolute atomic E-state index is 10.7. The van der Waals surface area contributed by atoms with Crippen molar-refractivity contribution in [2.24, 2.45) is 0 Å². The van der Waals surface area contributed by atoms with Crippen LogP contribution in [-0.2, 0) is 9.53 Å². The number of carbonyl (C=O) groups is 1. The van der Waals surface area contributed by atoms with Crippen molar-refractivity contribution in [1.82, 2.24) is 0 Å². The largest absolute Gasteiger partial charge is 0.507 e. The highest BCUT2D eigenvalue weighted by Crippen LogP contribution is 2.21. The fourth-order valence-electron chi connectivity index (χ4n) is 0.894. The van der Waals surface area contributed by atoms with E-state index in [1.54, 1.807) is 18.2 Å². The first-order chi connectivity index (χ1) is 7.13. The van der Waals surface area contributed by atoms with E-state index in [9.17, 15) is 9.90 Å². The third-order valence-corrected chi connectivity index (χ3v) is 2.14. The monoisotopic (exact) mass is 268 g/mol. The minimum Gasteiger partial charge on any atom is -0.507 e. The smallest absolute Gasteiger partial charge is 0.317 e. The van der Waals surface area contributed by atoms with Crippen LogP contribution in [0.4, 0.5) is 0 Å². The first kappa shape index (κ1) is 11.6. The predicted molar refractivity (Wildman–Crippen MR) is 59.3 cm³/mol. The zero-order valence-electron chi connectivity index (χ0n) is 8.08. The second-order valence-electron chi connectivity index (χ2n) is 2.72. The molecule has 0 bridgehead atoms. The van der Waals surface area contributed by atoms with Crippen LogP contribution in [0.3, 0.4) is 0 Å². The summed E-state index contributed by atoms with van der Waals surface area (Å²) in [6.45, 7) is 0. The zero-order chi connectivity index (χ0) is 11.3. The van der Waals surface area contributed by atoms with Gasteiger partial charge < -0.3 is 9.84 Å². The molecule has 0 heterocycles. The van der Waals surface area contributed by atoms with Crippen LogP contribution in [0.1, 0.15) is 12.0 Å². The first-order valence-corrected chi connectivity index (χ1v) is 4.97. The van der Waals surface area contributed by atoms with Gasteiger partial charge in [-0.25, -0.2) is 0 Å². The van der Waals surface area contributed by atoms with Gasteiger partial charge in [-0.2, -0.15) is 0 Å². The number of rotatable bonds is 1. The van der Waals surface area contributed by atoms with E-state index in [1.165, 1.54) is 7.11 Å². The van der Waals surface area contributed by atoms with Crippen molar-refractivity contribution >= 4 is 21.9 Å². The molecule has 0 aliphatic carbocycles. The fourth-order valence-corrected chi connectivity index (χ4v) is 1.24. The highest BCUT2D eigenvalue weighted by Gasteiger charge is 1.98. The summed E-state index contributed by atoms with van der Waals surface area (Å²) >= 11 is 3.22. The van der Waals surface area contributed by atoms with Gasteiger partial charge in [-0.15, -0.1) is 0 Å². The molecule has 0 aliphatic rings. The van der Waals surface area contributed by atoms with Gasteiger partial charge in [0.15, 0.2) is 0 Å². The number of ether oxygens (including phenoxy) is 1. The second-order valence-corrected chi connectivity index (χ2v) is 3.63. The summed E-state index contributed by atoms with van der Waals surface area (Å²) in [6, 6.07) is 4.98. The number of benzene rings is 1. The Balaban J connectivity index is 2.76. The van der Waals surface area contributed by atoms with Crippen LogP contribution in [0, 0.1) is 11.8 Å². The Morgan fingerprint density at radius 3 is 2.93 bits per heavy atom. The van der Waals surface area contributed by atoms with Crippen molar-refractivity contribution in [3.8, 4) is 17.6 Å². The van der Waals surface area contributed by atoms with Crippen molar-refractivity contribution in [3.05, 3.63) is 28.2 Å². The normalized spacial score (nSPS) is 8.93. The molecule has 0 spiro atoms. The third kappa shape index (κ3) is 3.64. The number of hydrogen-bond donors (Lipinski definition) is 1. The first-order valence-electron chi connectivity index (χ1n) is 4.17.